The third-order valence-electron chi connectivity index (χ3n) is 4.86. The van der Waals surface area contributed by atoms with Crippen LogP contribution >= 0.6 is 0 Å². The maximum atomic E-state index is 12.3. The number of aliphatic hydroxyl groups is 1. The van der Waals surface area contributed by atoms with Crippen LogP contribution in [0, 0.1) is 6.92 Å². The first-order chi connectivity index (χ1) is 12.4. The summed E-state index contributed by atoms with van der Waals surface area (Å²) in [6.45, 7) is 4.93. The molecule has 0 unspecified atom stereocenters. The molecule has 0 saturated carbocycles. The predicted octanol–water partition coefficient (Wildman–Crippen LogP) is 3.35. The lowest BCUT2D eigenvalue weighted by atomic mass is 9.97. The zero-order chi connectivity index (χ0) is 19.3. The minimum Gasteiger partial charge on any atom is -0.396 e. The Morgan fingerprint density at radius 2 is 1.85 bits per heavy atom. The first-order valence-electron chi connectivity index (χ1n) is 9.32. The summed E-state index contributed by atoms with van der Waals surface area (Å²) in [4.78, 5) is 14.3. The normalized spacial score (nSPS) is 11.0. The average molecular weight is 357 g/mol. The monoisotopic (exact) mass is 357 g/mol. The number of nitrogens with zero attached hydrogens (tertiary/aromatic N) is 2. The van der Waals surface area contributed by atoms with Crippen molar-refractivity contribution in [3.63, 3.8) is 0 Å². The Bertz CT molecular complexity index is 746. The molecular weight excluding hydrogens is 326 g/mol. The van der Waals surface area contributed by atoms with Crippen LogP contribution in [0.5, 0.6) is 0 Å². The summed E-state index contributed by atoms with van der Waals surface area (Å²) >= 11 is 0. The lowest BCUT2D eigenvalue weighted by Crippen LogP contribution is -2.13. The lowest BCUT2D eigenvalue weighted by Gasteiger charge is -2.15. The van der Waals surface area contributed by atoms with E-state index in [1.54, 1.807) is 0 Å². The van der Waals surface area contributed by atoms with Gasteiger partial charge in [0, 0.05) is 49.9 Å². The number of rotatable bonds is 9. The van der Waals surface area contributed by atoms with Crippen molar-refractivity contribution in [1.29, 1.82) is 0 Å². The third kappa shape index (κ3) is 4.10. The van der Waals surface area contributed by atoms with E-state index in [0.29, 0.717) is 18.5 Å². The number of amides is 1. The fraction of sp³-hybridized carbons (Fsp3) is 0.476. The quantitative estimate of drug-likeness (QED) is 0.723. The van der Waals surface area contributed by atoms with E-state index in [1.165, 1.54) is 0 Å². The molecule has 3 N–H and O–H groups in total. The van der Waals surface area contributed by atoms with Gasteiger partial charge in [-0.3, -0.25) is 4.79 Å². The van der Waals surface area contributed by atoms with Crippen LogP contribution in [0.15, 0.2) is 24.3 Å². The zero-order valence-electron chi connectivity index (χ0n) is 16.4. The number of nitrogens with two attached hydrogens (primary N) is 1. The molecule has 0 bridgehead atoms. The molecule has 26 heavy (non-hydrogen) atoms. The van der Waals surface area contributed by atoms with Crippen molar-refractivity contribution in [3.05, 3.63) is 41.2 Å². The zero-order valence-corrected chi connectivity index (χ0v) is 16.4. The molecule has 5 heteroatoms. The van der Waals surface area contributed by atoms with Crippen LogP contribution in [0.25, 0.3) is 11.1 Å². The van der Waals surface area contributed by atoms with Gasteiger partial charge in [-0.15, -0.1) is 0 Å². The number of anilines is 1. The van der Waals surface area contributed by atoms with Crippen LogP contribution in [-0.2, 0) is 13.0 Å². The van der Waals surface area contributed by atoms with Gasteiger partial charge in [-0.25, -0.2) is 0 Å². The van der Waals surface area contributed by atoms with Gasteiger partial charge in [-0.2, -0.15) is 0 Å². The summed E-state index contributed by atoms with van der Waals surface area (Å²) in [5, 5.41) is 9.26. The number of benzene rings is 1. The fourth-order valence-corrected chi connectivity index (χ4v) is 3.47. The molecule has 0 atom stereocenters. The molecule has 1 aromatic carbocycles. The third-order valence-corrected chi connectivity index (χ3v) is 4.86. The molecule has 0 spiro atoms. The Balaban J connectivity index is 2.65. The molecule has 5 nitrogen and oxygen atoms in total. The van der Waals surface area contributed by atoms with Gasteiger partial charge in [-0.1, -0.05) is 25.5 Å². The van der Waals surface area contributed by atoms with Crippen LogP contribution in [0.3, 0.4) is 0 Å². The van der Waals surface area contributed by atoms with E-state index in [2.05, 4.69) is 40.7 Å². The minimum absolute atomic E-state index is 0.129. The Morgan fingerprint density at radius 1 is 1.19 bits per heavy atom. The molecule has 1 amide bonds. The first-order valence-corrected chi connectivity index (χ1v) is 9.32. The Morgan fingerprint density at radius 3 is 2.35 bits per heavy atom. The maximum absolute atomic E-state index is 12.3. The Hall–Kier alpha value is -2.27. The highest BCUT2D eigenvalue weighted by Crippen LogP contribution is 2.34. The van der Waals surface area contributed by atoms with Crippen molar-refractivity contribution in [1.82, 2.24) is 4.57 Å². The van der Waals surface area contributed by atoms with E-state index in [4.69, 9.17) is 5.73 Å². The molecular formula is C21H31N3O2. The van der Waals surface area contributed by atoms with Gasteiger partial charge in [0.2, 0.25) is 0 Å². The van der Waals surface area contributed by atoms with E-state index in [1.807, 2.05) is 21.0 Å². The van der Waals surface area contributed by atoms with E-state index in [-0.39, 0.29) is 6.61 Å². The highest BCUT2D eigenvalue weighted by atomic mass is 16.3. The second-order valence-electron chi connectivity index (χ2n) is 6.92. The van der Waals surface area contributed by atoms with Crippen LogP contribution < -0.4 is 10.6 Å². The first kappa shape index (κ1) is 20.0. The van der Waals surface area contributed by atoms with Gasteiger partial charge >= 0.3 is 0 Å². The number of aromatic nitrogens is 1. The van der Waals surface area contributed by atoms with Gasteiger partial charge in [0.25, 0.3) is 5.91 Å². The average Bonchev–Trinajstić information content (AvgIpc) is 2.90. The maximum Gasteiger partial charge on any atom is 0.251 e. The SMILES string of the molecule is CCCCc1c(-c2ccc(N(C)C)cc2)c(C(N)=O)c(C)n1CCCO. The number of hydrogen-bond donors (Lipinski definition) is 2. The topological polar surface area (TPSA) is 71.5 Å². The molecule has 0 aliphatic carbocycles. The van der Waals surface area contributed by atoms with E-state index >= 15 is 0 Å². The number of primary amides is 1. The minimum atomic E-state index is -0.394. The number of unbranched alkanes of at least 4 members (excludes halogenated alkanes) is 1. The Labute approximate surface area is 156 Å². The molecule has 0 aliphatic heterocycles. The second-order valence-corrected chi connectivity index (χ2v) is 6.92. The van der Waals surface area contributed by atoms with Crippen LogP contribution in [-0.4, -0.2) is 36.3 Å². The molecule has 1 aromatic heterocycles. The van der Waals surface area contributed by atoms with Crippen LogP contribution in [0.2, 0.25) is 0 Å². The molecule has 2 rings (SSSR count). The van der Waals surface area contributed by atoms with Crippen molar-refractivity contribution < 1.29 is 9.90 Å². The van der Waals surface area contributed by atoms with Crippen molar-refractivity contribution in [3.8, 4) is 11.1 Å². The molecule has 142 valence electrons. The summed E-state index contributed by atoms with van der Waals surface area (Å²) in [7, 11) is 4.01. The molecule has 0 radical (unpaired) electrons. The summed E-state index contributed by atoms with van der Waals surface area (Å²) in [6, 6.07) is 8.24. The second kappa shape index (κ2) is 8.90. The molecule has 0 fully saturated rings. The summed E-state index contributed by atoms with van der Waals surface area (Å²) in [5.41, 5.74) is 11.5. The number of hydrogen-bond acceptors (Lipinski definition) is 3. The predicted molar refractivity (Wildman–Crippen MR) is 108 cm³/mol. The smallest absolute Gasteiger partial charge is 0.251 e. The van der Waals surface area contributed by atoms with E-state index < -0.39 is 5.91 Å². The van der Waals surface area contributed by atoms with Crippen LogP contribution in [0.4, 0.5) is 5.69 Å². The van der Waals surface area contributed by atoms with Gasteiger partial charge in [-0.05, 0) is 43.9 Å². The number of carbonyl (C=O) groups excluding carboxylic acids is 1. The van der Waals surface area contributed by atoms with Crippen molar-refractivity contribution in [2.45, 2.75) is 46.1 Å². The largest absolute Gasteiger partial charge is 0.396 e. The van der Waals surface area contributed by atoms with Gasteiger partial charge in [0.1, 0.15) is 0 Å². The summed E-state index contributed by atoms with van der Waals surface area (Å²) in [6.07, 6.45) is 3.67. The molecule has 0 saturated heterocycles. The van der Waals surface area contributed by atoms with E-state index in [9.17, 15) is 9.90 Å². The number of aliphatic hydroxyl groups excluding tert-OH is 1. The lowest BCUT2D eigenvalue weighted by molar-refractivity contribution is 0.1000. The summed E-state index contributed by atoms with van der Waals surface area (Å²) < 4.78 is 2.17. The standard InChI is InChI=1S/C21H31N3O2/c1-5-6-8-18-20(16-9-11-17(12-10-16)23(3)4)19(21(22)26)15(2)24(18)13-7-14-25/h9-12,25H,5-8,13-14H2,1-4H3,(H2,22,26). The molecule has 1 heterocycles. The highest BCUT2D eigenvalue weighted by molar-refractivity contribution is 6.02. The van der Waals surface area contributed by atoms with Crippen LogP contribution in [0.1, 0.15) is 47.9 Å². The van der Waals surface area contributed by atoms with Crippen molar-refractivity contribution in [2.24, 2.45) is 5.73 Å². The highest BCUT2D eigenvalue weighted by Gasteiger charge is 2.24. The van der Waals surface area contributed by atoms with Gasteiger partial charge < -0.3 is 20.3 Å². The van der Waals surface area contributed by atoms with Gasteiger partial charge in [0.15, 0.2) is 0 Å². The molecule has 2 aromatic rings. The number of carbonyl (C=O) groups is 1. The van der Waals surface area contributed by atoms with E-state index in [0.717, 1.165) is 47.5 Å². The Kier molecular flexibility index (Phi) is 6.86. The molecule has 0 aliphatic rings. The van der Waals surface area contributed by atoms with Crippen molar-refractivity contribution in [2.75, 3.05) is 25.6 Å². The van der Waals surface area contributed by atoms with Crippen molar-refractivity contribution >= 4 is 11.6 Å². The fourth-order valence-electron chi connectivity index (χ4n) is 3.47. The summed E-state index contributed by atoms with van der Waals surface area (Å²) in [5.74, 6) is -0.394. The van der Waals surface area contributed by atoms with Gasteiger partial charge in [0.05, 0.1) is 5.56 Å².